The highest BCUT2D eigenvalue weighted by Crippen LogP contribution is 2.22. The summed E-state index contributed by atoms with van der Waals surface area (Å²) in [7, 11) is 0. The summed E-state index contributed by atoms with van der Waals surface area (Å²) in [5, 5.41) is 10.5. The Balaban J connectivity index is 1.36. The fraction of sp³-hybridized carbons (Fsp3) is 0.444. The molecule has 1 aromatic carbocycles. The van der Waals surface area contributed by atoms with Crippen LogP contribution in [0.25, 0.3) is 0 Å². The zero-order valence-electron chi connectivity index (χ0n) is 13.3. The number of aryl methyl sites for hydroxylation is 2. The van der Waals surface area contributed by atoms with Crippen molar-refractivity contribution in [2.75, 3.05) is 12.3 Å². The lowest BCUT2D eigenvalue weighted by Crippen LogP contribution is -2.26. The molecule has 2 aromatic rings. The minimum atomic E-state index is 0.117. The third-order valence-electron chi connectivity index (χ3n) is 4.17. The second kappa shape index (κ2) is 8.20. The molecule has 0 saturated carbocycles. The molecule has 0 atom stereocenters. The van der Waals surface area contributed by atoms with E-state index >= 15 is 0 Å². The van der Waals surface area contributed by atoms with E-state index in [1.165, 1.54) is 29.0 Å². The molecular weight excluding hydrogens is 306 g/mol. The summed E-state index contributed by atoms with van der Waals surface area (Å²) in [5.74, 6) is 1.01. The average Bonchev–Trinajstić information content (AvgIpc) is 3.01. The summed E-state index contributed by atoms with van der Waals surface area (Å²) in [6.07, 6.45) is 5.95. The highest BCUT2D eigenvalue weighted by molar-refractivity contribution is 7.99. The quantitative estimate of drug-likeness (QED) is 0.606. The number of carbonyl (C=O) groups is 1. The molecule has 0 bridgehead atoms. The lowest BCUT2D eigenvalue weighted by molar-refractivity contribution is -0.120. The number of amides is 1. The van der Waals surface area contributed by atoms with E-state index in [0.717, 1.165) is 30.7 Å². The first-order valence-corrected chi connectivity index (χ1v) is 9.31. The van der Waals surface area contributed by atoms with Crippen molar-refractivity contribution in [3.05, 3.63) is 47.3 Å². The Bertz CT molecular complexity index is 639. The predicted molar refractivity (Wildman–Crippen MR) is 93.7 cm³/mol. The number of benzene rings is 1. The molecule has 0 fully saturated rings. The number of hydrogen-bond acceptors (Lipinski definition) is 3. The van der Waals surface area contributed by atoms with E-state index < -0.39 is 0 Å². The Morgan fingerprint density at radius 2 is 2.04 bits per heavy atom. The topological polar surface area (TPSA) is 57.8 Å². The highest BCUT2D eigenvalue weighted by atomic mass is 32.2. The van der Waals surface area contributed by atoms with Gasteiger partial charge in [0.05, 0.1) is 5.69 Å². The maximum atomic E-state index is 12.0. The van der Waals surface area contributed by atoms with Crippen molar-refractivity contribution in [3.63, 3.8) is 0 Å². The molecule has 3 rings (SSSR count). The summed E-state index contributed by atoms with van der Waals surface area (Å²) < 4.78 is 0. The number of carbonyl (C=O) groups excluding carboxylic acids is 1. The maximum Gasteiger partial charge on any atom is 0.220 e. The lowest BCUT2D eigenvalue weighted by atomic mass is 9.95. The molecule has 0 aliphatic heterocycles. The third kappa shape index (κ3) is 4.61. The van der Waals surface area contributed by atoms with Crippen LogP contribution in [0.3, 0.4) is 0 Å². The monoisotopic (exact) mass is 329 g/mol. The number of nitrogens with one attached hydrogen (secondary N) is 2. The molecule has 1 aromatic heterocycles. The summed E-state index contributed by atoms with van der Waals surface area (Å²) in [4.78, 5) is 13.2. The number of H-pyrrole nitrogens is 1. The summed E-state index contributed by atoms with van der Waals surface area (Å²) in [6.45, 7) is 0.705. The van der Waals surface area contributed by atoms with Crippen LogP contribution in [-0.4, -0.2) is 28.4 Å². The summed E-state index contributed by atoms with van der Waals surface area (Å²) >= 11 is 1.76. The molecule has 0 saturated heterocycles. The molecule has 1 aliphatic carbocycles. The second-order valence-corrected chi connectivity index (χ2v) is 7.01. The fourth-order valence-electron chi connectivity index (χ4n) is 2.95. The molecule has 0 unspecified atom stereocenters. The smallest absolute Gasteiger partial charge is 0.220 e. The fourth-order valence-corrected chi connectivity index (χ4v) is 3.74. The number of fused-ring (bicyclic) bond motifs is 1. The molecule has 0 spiro atoms. The molecule has 1 aliphatic rings. The van der Waals surface area contributed by atoms with Gasteiger partial charge in [0.15, 0.2) is 0 Å². The average molecular weight is 329 g/mol. The molecule has 0 radical (unpaired) electrons. The van der Waals surface area contributed by atoms with Crippen LogP contribution in [0.5, 0.6) is 0 Å². The Morgan fingerprint density at radius 1 is 1.22 bits per heavy atom. The minimum absolute atomic E-state index is 0.117. The van der Waals surface area contributed by atoms with E-state index in [-0.39, 0.29) is 5.91 Å². The van der Waals surface area contributed by atoms with Crippen molar-refractivity contribution in [2.45, 2.75) is 43.4 Å². The molecule has 1 amide bonds. The van der Waals surface area contributed by atoms with Crippen LogP contribution in [-0.2, 0) is 24.1 Å². The van der Waals surface area contributed by atoms with Gasteiger partial charge in [-0.05, 0) is 43.4 Å². The highest BCUT2D eigenvalue weighted by Gasteiger charge is 2.17. The molecule has 2 N–H and O–H groups in total. The largest absolute Gasteiger partial charge is 0.355 e. The molecular formula is C18H23N3OS. The van der Waals surface area contributed by atoms with Gasteiger partial charge in [-0.15, -0.1) is 11.8 Å². The number of thioether (sulfide) groups is 1. The van der Waals surface area contributed by atoms with Crippen LogP contribution >= 0.6 is 11.8 Å². The second-order valence-electron chi connectivity index (χ2n) is 5.85. The maximum absolute atomic E-state index is 12.0. The lowest BCUT2D eigenvalue weighted by Gasteiger charge is -2.11. The number of rotatable bonds is 7. The Morgan fingerprint density at radius 3 is 2.91 bits per heavy atom. The molecule has 122 valence electrons. The number of aromatic amines is 1. The Kier molecular flexibility index (Phi) is 5.75. The van der Waals surface area contributed by atoms with Gasteiger partial charge in [-0.3, -0.25) is 9.89 Å². The van der Waals surface area contributed by atoms with Gasteiger partial charge < -0.3 is 5.32 Å². The van der Waals surface area contributed by atoms with Crippen LogP contribution in [0.2, 0.25) is 0 Å². The third-order valence-corrected chi connectivity index (χ3v) is 5.18. The first-order chi connectivity index (χ1) is 11.3. The zero-order chi connectivity index (χ0) is 15.9. The predicted octanol–water partition coefficient (Wildman–Crippen LogP) is 3.13. The van der Waals surface area contributed by atoms with Crippen molar-refractivity contribution in [2.24, 2.45) is 0 Å². The van der Waals surface area contributed by atoms with Crippen LogP contribution in [0, 0.1) is 0 Å². The molecule has 23 heavy (non-hydrogen) atoms. The molecule has 4 nitrogen and oxygen atoms in total. The van der Waals surface area contributed by atoms with E-state index in [1.54, 1.807) is 11.8 Å². The van der Waals surface area contributed by atoms with Gasteiger partial charge in [0.2, 0.25) is 5.91 Å². The van der Waals surface area contributed by atoms with E-state index in [1.807, 2.05) is 18.2 Å². The van der Waals surface area contributed by atoms with E-state index in [9.17, 15) is 4.79 Å². The van der Waals surface area contributed by atoms with Gasteiger partial charge in [-0.2, -0.15) is 5.10 Å². The molecule has 5 heteroatoms. The van der Waals surface area contributed by atoms with Crippen LogP contribution < -0.4 is 5.32 Å². The van der Waals surface area contributed by atoms with E-state index in [0.29, 0.717) is 13.0 Å². The Labute approximate surface area is 141 Å². The van der Waals surface area contributed by atoms with Gasteiger partial charge in [0.1, 0.15) is 0 Å². The van der Waals surface area contributed by atoms with Crippen molar-refractivity contribution in [3.8, 4) is 0 Å². The van der Waals surface area contributed by atoms with Gasteiger partial charge >= 0.3 is 0 Å². The van der Waals surface area contributed by atoms with Crippen molar-refractivity contribution in [1.29, 1.82) is 0 Å². The number of nitrogens with zero attached hydrogens (tertiary/aromatic N) is 1. The van der Waals surface area contributed by atoms with Crippen molar-refractivity contribution < 1.29 is 4.79 Å². The van der Waals surface area contributed by atoms with Crippen LogP contribution in [0.1, 0.15) is 36.2 Å². The number of aromatic nitrogens is 2. The van der Waals surface area contributed by atoms with E-state index in [2.05, 4.69) is 27.6 Å². The Hall–Kier alpha value is -1.75. The van der Waals surface area contributed by atoms with Gasteiger partial charge in [-0.25, -0.2) is 0 Å². The summed E-state index contributed by atoms with van der Waals surface area (Å²) in [6, 6.07) is 10.3. The van der Waals surface area contributed by atoms with Crippen LogP contribution in [0.15, 0.2) is 35.2 Å². The standard InChI is InChI=1S/C18H23N3OS/c22-18(19-12-13-23-14-6-2-1-3-7-14)11-10-17-15-8-4-5-9-16(15)20-21-17/h1-3,6-7H,4-5,8-13H2,(H,19,22)(H,20,21). The van der Waals surface area contributed by atoms with Gasteiger partial charge in [0, 0.05) is 35.7 Å². The number of hydrogen-bond donors (Lipinski definition) is 2. The SMILES string of the molecule is O=C(CCc1n[nH]c2c1CCCC2)NCCSc1ccccc1. The van der Waals surface area contributed by atoms with E-state index in [4.69, 9.17) is 0 Å². The minimum Gasteiger partial charge on any atom is -0.355 e. The van der Waals surface area contributed by atoms with Crippen molar-refractivity contribution >= 4 is 17.7 Å². The first kappa shape index (κ1) is 16.1. The van der Waals surface area contributed by atoms with Gasteiger partial charge in [-0.1, -0.05) is 18.2 Å². The van der Waals surface area contributed by atoms with Gasteiger partial charge in [0.25, 0.3) is 0 Å². The first-order valence-electron chi connectivity index (χ1n) is 8.32. The zero-order valence-corrected chi connectivity index (χ0v) is 14.1. The molecule has 1 heterocycles. The summed E-state index contributed by atoms with van der Waals surface area (Å²) in [5.41, 5.74) is 3.74. The van der Waals surface area contributed by atoms with Crippen molar-refractivity contribution in [1.82, 2.24) is 15.5 Å². The normalized spacial score (nSPS) is 13.6. The van der Waals surface area contributed by atoms with Crippen LogP contribution in [0.4, 0.5) is 0 Å².